The number of ether oxygens (including phenoxy) is 2. The maximum absolute atomic E-state index is 10.1. The summed E-state index contributed by atoms with van der Waals surface area (Å²) in [6.07, 6.45) is 9.97. The summed E-state index contributed by atoms with van der Waals surface area (Å²) in [6.45, 7) is 6.36. The monoisotopic (exact) mass is 336 g/mol. The molecule has 1 atom stereocenters. The topological polar surface area (TPSA) is 38.7 Å². The lowest BCUT2D eigenvalue weighted by atomic mass is 10.0. The molecular formula is C21H36O3. The number of hydrogen-bond donors (Lipinski definition) is 1. The highest BCUT2D eigenvalue weighted by atomic mass is 16.5. The molecule has 0 aliphatic heterocycles. The normalized spacial score (nSPS) is 12.5. The zero-order valence-corrected chi connectivity index (χ0v) is 15.6. The third kappa shape index (κ3) is 10.1. The molecule has 0 saturated carbocycles. The summed E-state index contributed by atoms with van der Waals surface area (Å²) >= 11 is 0. The zero-order chi connectivity index (χ0) is 17.5. The minimum Gasteiger partial charge on any atom is -0.386 e. The van der Waals surface area contributed by atoms with Gasteiger partial charge in [-0.1, -0.05) is 69.7 Å². The molecule has 3 nitrogen and oxygen atoms in total. The number of aliphatic hydroxyl groups is 1. The first-order valence-corrected chi connectivity index (χ1v) is 9.70. The van der Waals surface area contributed by atoms with E-state index in [2.05, 4.69) is 19.1 Å². The summed E-state index contributed by atoms with van der Waals surface area (Å²) in [5, 5.41) is 10.1. The van der Waals surface area contributed by atoms with Crippen LogP contribution in [0.5, 0.6) is 0 Å². The van der Waals surface area contributed by atoms with E-state index in [0.717, 1.165) is 12.0 Å². The summed E-state index contributed by atoms with van der Waals surface area (Å²) in [7, 11) is 0. The average Bonchev–Trinajstić information content (AvgIpc) is 2.61. The van der Waals surface area contributed by atoms with E-state index in [1.807, 2.05) is 19.1 Å². The molecule has 1 N–H and O–H groups in total. The fourth-order valence-electron chi connectivity index (χ4n) is 2.75. The molecule has 0 aromatic heterocycles. The fourth-order valence-corrected chi connectivity index (χ4v) is 2.75. The van der Waals surface area contributed by atoms with Crippen molar-refractivity contribution in [2.45, 2.75) is 71.3 Å². The van der Waals surface area contributed by atoms with Gasteiger partial charge in [0.05, 0.1) is 19.8 Å². The molecule has 0 aliphatic rings. The van der Waals surface area contributed by atoms with Crippen molar-refractivity contribution in [2.24, 2.45) is 0 Å². The van der Waals surface area contributed by atoms with E-state index in [-0.39, 0.29) is 0 Å². The van der Waals surface area contributed by atoms with Crippen LogP contribution in [0.4, 0.5) is 0 Å². The molecule has 0 heterocycles. The number of rotatable bonds is 15. The van der Waals surface area contributed by atoms with E-state index in [0.29, 0.717) is 26.4 Å². The Hall–Kier alpha value is -0.900. The maximum Gasteiger partial charge on any atom is 0.102 e. The minimum absolute atomic E-state index is 0.324. The summed E-state index contributed by atoms with van der Waals surface area (Å²) in [5.74, 6) is 0. The Morgan fingerprint density at radius 3 is 2.12 bits per heavy atom. The van der Waals surface area contributed by atoms with Crippen molar-refractivity contribution in [2.75, 3.05) is 26.4 Å². The molecule has 0 bridgehead atoms. The van der Waals surface area contributed by atoms with Gasteiger partial charge in [-0.25, -0.2) is 0 Å². The van der Waals surface area contributed by atoms with E-state index in [9.17, 15) is 5.11 Å². The maximum atomic E-state index is 10.1. The van der Waals surface area contributed by atoms with Crippen molar-refractivity contribution in [3.05, 3.63) is 35.4 Å². The van der Waals surface area contributed by atoms with Gasteiger partial charge < -0.3 is 14.6 Å². The van der Waals surface area contributed by atoms with E-state index < -0.39 is 6.10 Å². The van der Waals surface area contributed by atoms with Gasteiger partial charge in [0.25, 0.3) is 0 Å². The van der Waals surface area contributed by atoms with Gasteiger partial charge in [0.2, 0.25) is 0 Å². The van der Waals surface area contributed by atoms with Gasteiger partial charge in [-0.3, -0.25) is 0 Å². The van der Waals surface area contributed by atoms with Crippen molar-refractivity contribution in [3.8, 4) is 0 Å². The molecule has 0 fully saturated rings. The molecule has 0 aliphatic carbocycles. The first kappa shape index (κ1) is 21.1. The van der Waals surface area contributed by atoms with Crippen LogP contribution in [0.2, 0.25) is 0 Å². The standard InChI is InChI=1S/C21H36O3/c1-3-5-6-7-8-9-10-11-19-12-14-20(15-13-19)21(22)18-24-17-16-23-4-2/h12-15,21-22H,3-11,16-18H2,1-2H3. The predicted octanol–water partition coefficient (Wildman–Crippen LogP) is 5.07. The summed E-state index contributed by atoms with van der Waals surface area (Å²) in [5.41, 5.74) is 2.28. The molecule has 0 amide bonds. The van der Waals surface area contributed by atoms with Gasteiger partial charge in [0, 0.05) is 6.61 Å². The molecule has 1 aromatic rings. The second kappa shape index (κ2) is 14.4. The van der Waals surface area contributed by atoms with Gasteiger partial charge in [-0.05, 0) is 30.9 Å². The van der Waals surface area contributed by atoms with Crippen LogP contribution in [0.25, 0.3) is 0 Å². The van der Waals surface area contributed by atoms with Crippen molar-refractivity contribution in [3.63, 3.8) is 0 Å². The highest BCUT2D eigenvalue weighted by Gasteiger charge is 2.07. The molecule has 1 aromatic carbocycles. The SMILES string of the molecule is CCCCCCCCCc1ccc(C(O)COCCOCC)cc1. The van der Waals surface area contributed by atoms with Gasteiger partial charge in [-0.15, -0.1) is 0 Å². The van der Waals surface area contributed by atoms with Crippen LogP contribution < -0.4 is 0 Å². The first-order valence-electron chi connectivity index (χ1n) is 9.70. The Bertz CT molecular complexity index is 389. The average molecular weight is 337 g/mol. The van der Waals surface area contributed by atoms with E-state index in [1.54, 1.807) is 0 Å². The number of benzene rings is 1. The second-order valence-electron chi connectivity index (χ2n) is 6.40. The third-order valence-electron chi connectivity index (χ3n) is 4.29. The van der Waals surface area contributed by atoms with Gasteiger partial charge >= 0.3 is 0 Å². The summed E-state index contributed by atoms with van der Waals surface area (Å²) in [6, 6.07) is 8.31. The highest BCUT2D eigenvalue weighted by molar-refractivity contribution is 5.24. The van der Waals surface area contributed by atoms with Gasteiger partial charge in [0.1, 0.15) is 6.10 Å². The first-order chi connectivity index (χ1) is 11.8. The van der Waals surface area contributed by atoms with Crippen LogP contribution in [0.1, 0.15) is 76.0 Å². The van der Waals surface area contributed by atoms with Crippen molar-refractivity contribution >= 4 is 0 Å². The van der Waals surface area contributed by atoms with Crippen molar-refractivity contribution in [1.29, 1.82) is 0 Å². The molecule has 138 valence electrons. The number of hydrogen-bond acceptors (Lipinski definition) is 3. The Morgan fingerprint density at radius 2 is 1.46 bits per heavy atom. The molecule has 0 saturated heterocycles. The molecule has 1 unspecified atom stereocenters. The largest absolute Gasteiger partial charge is 0.386 e. The Labute approximate surface area is 148 Å². The molecular weight excluding hydrogens is 300 g/mol. The Kier molecular flexibility index (Phi) is 12.7. The lowest BCUT2D eigenvalue weighted by molar-refractivity contribution is 0.00531. The van der Waals surface area contributed by atoms with E-state index in [1.165, 1.54) is 50.5 Å². The van der Waals surface area contributed by atoms with Crippen molar-refractivity contribution < 1.29 is 14.6 Å². The zero-order valence-electron chi connectivity index (χ0n) is 15.6. The number of aliphatic hydroxyl groups excluding tert-OH is 1. The second-order valence-corrected chi connectivity index (χ2v) is 6.40. The molecule has 1 rings (SSSR count). The lowest BCUT2D eigenvalue weighted by Crippen LogP contribution is -2.11. The molecule has 24 heavy (non-hydrogen) atoms. The minimum atomic E-state index is -0.556. The van der Waals surface area contributed by atoms with Crippen molar-refractivity contribution in [1.82, 2.24) is 0 Å². The summed E-state index contributed by atoms with van der Waals surface area (Å²) < 4.78 is 10.6. The van der Waals surface area contributed by atoms with Crippen LogP contribution >= 0.6 is 0 Å². The van der Waals surface area contributed by atoms with Crippen LogP contribution in [-0.4, -0.2) is 31.5 Å². The van der Waals surface area contributed by atoms with Crippen LogP contribution in [0, 0.1) is 0 Å². The number of unbranched alkanes of at least 4 members (excludes halogenated alkanes) is 6. The fraction of sp³-hybridized carbons (Fsp3) is 0.714. The van der Waals surface area contributed by atoms with Gasteiger partial charge in [-0.2, -0.15) is 0 Å². The quantitative estimate of drug-likeness (QED) is 0.455. The molecule has 0 spiro atoms. The van der Waals surface area contributed by atoms with E-state index in [4.69, 9.17) is 9.47 Å². The van der Waals surface area contributed by atoms with Crippen LogP contribution in [-0.2, 0) is 15.9 Å². The van der Waals surface area contributed by atoms with Crippen LogP contribution in [0.15, 0.2) is 24.3 Å². The third-order valence-corrected chi connectivity index (χ3v) is 4.29. The molecule has 0 radical (unpaired) electrons. The Morgan fingerprint density at radius 1 is 0.833 bits per heavy atom. The Balaban J connectivity index is 2.15. The lowest BCUT2D eigenvalue weighted by Gasteiger charge is -2.12. The highest BCUT2D eigenvalue weighted by Crippen LogP contribution is 2.16. The van der Waals surface area contributed by atoms with Gasteiger partial charge in [0.15, 0.2) is 0 Å². The predicted molar refractivity (Wildman–Crippen MR) is 100 cm³/mol. The smallest absolute Gasteiger partial charge is 0.102 e. The van der Waals surface area contributed by atoms with E-state index >= 15 is 0 Å². The number of aryl methyl sites for hydroxylation is 1. The molecule has 3 heteroatoms. The van der Waals surface area contributed by atoms with Crippen LogP contribution in [0.3, 0.4) is 0 Å². The summed E-state index contributed by atoms with van der Waals surface area (Å²) in [4.78, 5) is 0.